The molecule has 1 aromatic rings. The van der Waals surface area contributed by atoms with Crippen molar-refractivity contribution in [3.63, 3.8) is 0 Å². The Labute approximate surface area is 143 Å². The molecule has 0 saturated carbocycles. The van der Waals surface area contributed by atoms with Crippen molar-refractivity contribution in [3.05, 3.63) is 24.3 Å². The molecule has 0 radical (unpaired) electrons. The van der Waals surface area contributed by atoms with Crippen molar-refractivity contribution in [1.82, 2.24) is 9.21 Å². The zero-order valence-electron chi connectivity index (χ0n) is 13.7. The van der Waals surface area contributed by atoms with E-state index in [1.165, 1.54) is 47.8 Å². The van der Waals surface area contributed by atoms with Gasteiger partial charge >= 0.3 is 0 Å². The summed E-state index contributed by atoms with van der Waals surface area (Å²) < 4.78 is 27.0. The highest BCUT2D eigenvalue weighted by Crippen LogP contribution is 2.26. The molecule has 134 valence electrons. The monoisotopic (exact) mass is 355 g/mol. The standard InChI is InChI=1S/C16H25N3O4S/c20-19(21)15-4-6-16(7-5-15)24(22,23)18-12-8-14(9-13-18)17-10-2-1-3-11-17/h4-7,14,20-21H,1-3,8-13H2. The molecule has 3 rings (SSSR count). The first kappa shape index (κ1) is 17.6. The minimum absolute atomic E-state index is 0.0273. The molecule has 1 aromatic carbocycles. The van der Waals surface area contributed by atoms with Crippen LogP contribution in [0.1, 0.15) is 32.1 Å². The number of likely N-dealkylation sites (tertiary alicyclic amines) is 1. The molecule has 2 heterocycles. The third-order valence-electron chi connectivity index (χ3n) is 5.04. The van der Waals surface area contributed by atoms with Gasteiger partial charge in [-0.05, 0) is 63.0 Å². The lowest BCUT2D eigenvalue weighted by Gasteiger charge is -2.39. The number of piperidine rings is 2. The molecule has 2 fully saturated rings. The maximum Gasteiger partial charge on any atom is 0.243 e. The molecule has 2 N–H and O–H groups in total. The molecule has 8 heteroatoms. The number of anilines is 1. The van der Waals surface area contributed by atoms with Crippen LogP contribution in [-0.4, -0.2) is 60.3 Å². The zero-order valence-corrected chi connectivity index (χ0v) is 14.5. The summed E-state index contributed by atoms with van der Waals surface area (Å²) in [6, 6.07) is 6.04. The summed E-state index contributed by atoms with van der Waals surface area (Å²) in [5.74, 6) is 0. The van der Waals surface area contributed by atoms with E-state index >= 15 is 0 Å². The summed E-state index contributed by atoms with van der Waals surface area (Å²) in [6.07, 6.45) is 5.55. The van der Waals surface area contributed by atoms with Gasteiger partial charge < -0.3 is 4.90 Å². The molecule has 0 aromatic heterocycles. The highest BCUT2D eigenvalue weighted by Gasteiger charge is 2.32. The van der Waals surface area contributed by atoms with Crippen LogP contribution in [0.15, 0.2) is 29.2 Å². The fourth-order valence-corrected chi connectivity index (χ4v) is 5.10. The van der Waals surface area contributed by atoms with E-state index in [4.69, 9.17) is 10.4 Å². The normalized spacial score (nSPS) is 21.8. The van der Waals surface area contributed by atoms with Crippen molar-refractivity contribution in [1.29, 1.82) is 0 Å². The number of benzene rings is 1. The van der Waals surface area contributed by atoms with Crippen LogP contribution >= 0.6 is 0 Å². The van der Waals surface area contributed by atoms with Gasteiger partial charge in [-0.15, -0.1) is 5.23 Å². The molecule has 0 aliphatic carbocycles. The van der Waals surface area contributed by atoms with E-state index in [0.29, 0.717) is 19.1 Å². The Kier molecular flexibility index (Phi) is 5.41. The van der Waals surface area contributed by atoms with Gasteiger partial charge in [-0.3, -0.25) is 10.4 Å². The second-order valence-corrected chi connectivity index (χ2v) is 8.45. The lowest BCUT2D eigenvalue weighted by Crippen LogP contribution is -2.48. The predicted molar refractivity (Wildman–Crippen MR) is 89.7 cm³/mol. The smallest absolute Gasteiger partial charge is 0.243 e. The Bertz CT molecular complexity index is 634. The Balaban J connectivity index is 1.64. The molecule has 24 heavy (non-hydrogen) atoms. The minimum Gasteiger partial charge on any atom is -0.300 e. The first-order valence-corrected chi connectivity index (χ1v) is 9.94. The fourth-order valence-electron chi connectivity index (χ4n) is 3.63. The van der Waals surface area contributed by atoms with E-state index in [-0.39, 0.29) is 15.8 Å². The Morgan fingerprint density at radius 2 is 1.50 bits per heavy atom. The van der Waals surface area contributed by atoms with Crippen molar-refractivity contribution >= 4 is 15.7 Å². The average molecular weight is 355 g/mol. The summed E-state index contributed by atoms with van der Waals surface area (Å²) in [5.41, 5.74) is 0.123. The first-order valence-electron chi connectivity index (χ1n) is 8.50. The number of nitrogens with zero attached hydrogens (tertiary/aromatic N) is 3. The summed E-state index contributed by atoms with van der Waals surface area (Å²) in [4.78, 5) is 2.70. The van der Waals surface area contributed by atoms with Crippen LogP contribution in [0, 0.1) is 0 Å². The van der Waals surface area contributed by atoms with Gasteiger partial charge in [0.15, 0.2) is 0 Å². The Morgan fingerprint density at radius 1 is 0.917 bits per heavy atom. The van der Waals surface area contributed by atoms with Crippen LogP contribution in [0.5, 0.6) is 0 Å². The molecule has 7 nitrogen and oxygen atoms in total. The second kappa shape index (κ2) is 7.37. The summed E-state index contributed by atoms with van der Waals surface area (Å²) in [7, 11) is -3.53. The van der Waals surface area contributed by atoms with Gasteiger partial charge in [0.25, 0.3) is 0 Å². The van der Waals surface area contributed by atoms with Gasteiger partial charge in [-0.2, -0.15) is 4.31 Å². The lowest BCUT2D eigenvalue weighted by molar-refractivity contribution is 0.0291. The molecule has 0 bridgehead atoms. The van der Waals surface area contributed by atoms with Crippen LogP contribution < -0.4 is 5.23 Å². The van der Waals surface area contributed by atoms with E-state index in [1.54, 1.807) is 0 Å². The maximum atomic E-state index is 12.7. The average Bonchev–Trinajstić information content (AvgIpc) is 2.62. The van der Waals surface area contributed by atoms with Gasteiger partial charge in [-0.25, -0.2) is 8.42 Å². The van der Waals surface area contributed by atoms with E-state index in [0.717, 1.165) is 25.9 Å². The van der Waals surface area contributed by atoms with Crippen molar-refractivity contribution in [3.8, 4) is 0 Å². The van der Waals surface area contributed by atoms with Crippen LogP contribution in [0.3, 0.4) is 0 Å². The zero-order chi connectivity index (χ0) is 17.2. The molecular formula is C16H25N3O4S. The summed E-state index contributed by atoms with van der Waals surface area (Å²) >= 11 is 0. The van der Waals surface area contributed by atoms with E-state index in [1.807, 2.05) is 0 Å². The number of sulfonamides is 1. The van der Waals surface area contributed by atoms with Gasteiger partial charge in [0.1, 0.15) is 0 Å². The van der Waals surface area contributed by atoms with Gasteiger partial charge in [0.05, 0.1) is 10.6 Å². The quantitative estimate of drug-likeness (QED) is 0.803. The predicted octanol–water partition coefficient (Wildman–Crippen LogP) is 1.91. The molecule has 0 unspecified atom stereocenters. The van der Waals surface area contributed by atoms with Crippen LogP contribution in [0.25, 0.3) is 0 Å². The molecular weight excluding hydrogens is 330 g/mol. The first-order chi connectivity index (χ1) is 11.5. The lowest BCUT2D eigenvalue weighted by atomic mass is 10.0. The summed E-state index contributed by atoms with van der Waals surface area (Å²) in [6.45, 7) is 3.35. The minimum atomic E-state index is -3.53. The highest BCUT2D eigenvalue weighted by atomic mass is 32.2. The van der Waals surface area contributed by atoms with Crippen LogP contribution in [0.2, 0.25) is 0 Å². The van der Waals surface area contributed by atoms with Gasteiger partial charge in [0, 0.05) is 19.1 Å². The van der Waals surface area contributed by atoms with Crippen LogP contribution in [-0.2, 0) is 10.0 Å². The fraction of sp³-hybridized carbons (Fsp3) is 0.625. The number of hydrogen-bond donors (Lipinski definition) is 2. The Hall–Kier alpha value is -1.19. The van der Waals surface area contributed by atoms with Crippen LogP contribution in [0.4, 0.5) is 5.69 Å². The largest absolute Gasteiger partial charge is 0.300 e. The second-order valence-electron chi connectivity index (χ2n) is 6.52. The van der Waals surface area contributed by atoms with E-state index in [9.17, 15) is 8.42 Å². The third-order valence-corrected chi connectivity index (χ3v) is 6.95. The molecule has 0 amide bonds. The topological polar surface area (TPSA) is 84.3 Å². The third kappa shape index (κ3) is 3.73. The van der Waals surface area contributed by atoms with Crippen molar-refractivity contribution in [2.45, 2.75) is 43.0 Å². The Morgan fingerprint density at radius 3 is 2.04 bits per heavy atom. The number of rotatable bonds is 4. The molecule has 0 atom stereocenters. The maximum absolute atomic E-state index is 12.7. The van der Waals surface area contributed by atoms with Crippen molar-refractivity contribution < 1.29 is 18.8 Å². The van der Waals surface area contributed by atoms with E-state index < -0.39 is 10.0 Å². The molecule has 2 aliphatic heterocycles. The van der Waals surface area contributed by atoms with Crippen molar-refractivity contribution in [2.24, 2.45) is 0 Å². The number of hydrogen-bond acceptors (Lipinski definition) is 6. The van der Waals surface area contributed by atoms with Crippen molar-refractivity contribution in [2.75, 3.05) is 31.4 Å². The molecule has 2 saturated heterocycles. The SMILES string of the molecule is O=S(=O)(c1ccc(N(O)O)cc1)N1CCC(N2CCCCC2)CC1. The highest BCUT2D eigenvalue weighted by molar-refractivity contribution is 7.89. The van der Waals surface area contributed by atoms with Gasteiger partial charge in [0.2, 0.25) is 10.0 Å². The molecule has 2 aliphatic rings. The molecule has 0 spiro atoms. The van der Waals surface area contributed by atoms with E-state index in [2.05, 4.69) is 4.90 Å². The van der Waals surface area contributed by atoms with Gasteiger partial charge in [-0.1, -0.05) is 6.42 Å². The summed E-state index contributed by atoms with van der Waals surface area (Å²) in [5, 5.41) is 17.9.